The molecular weight excluding hydrogens is 276 g/mol. The van der Waals surface area contributed by atoms with Gasteiger partial charge in [0, 0.05) is 0 Å². The van der Waals surface area contributed by atoms with Gasteiger partial charge in [-0.1, -0.05) is 115 Å². The van der Waals surface area contributed by atoms with Gasteiger partial charge in [-0.25, -0.2) is 0 Å². The van der Waals surface area contributed by atoms with Crippen LogP contribution >= 0.6 is 0 Å². The van der Waals surface area contributed by atoms with E-state index in [1.54, 1.807) is 0 Å². The van der Waals surface area contributed by atoms with Crippen molar-refractivity contribution in [3.63, 3.8) is 0 Å². The molecule has 0 aromatic heterocycles. The normalized spacial score (nSPS) is 10.2. The van der Waals surface area contributed by atoms with Crippen LogP contribution in [0, 0.1) is 23.7 Å². The number of hydrogen-bond acceptors (Lipinski definition) is 0. The van der Waals surface area contributed by atoms with E-state index in [1.165, 1.54) is 32.1 Å². The Balaban J connectivity index is -0.0000000709. The van der Waals surface area contributed by atoms with Gasteiger partial charge in [0.1, 0.15) is 0 Å². The van der Waals surface area contributed by atoms with E-state index in [0.717, 1.165) is 23.7 Å². The first-order valence-electron chi connectivity index (χ1n) is 10.3. The van der Waals surface area contributed by atoms with E-state index in [2.05, 4.69) is 68.5 Å². The molecule has 0 aromatic carbocycles. The van der Waals surface area contributed by atoms with Gasteiger partial charge < -0.3 is 0 Å². The van der Waals surface area contributed by atoms with Gasteiger partial charge in [0.2, 0.25) is 0 Å². The highest BCUT2D eigenvalue weighted by Crippen LogP contribution is 2.13. The quantitative estimate of drug-likeness (QED) is 0.408. The summed E-state index contributed by atoms with van der Waals surface area (Å²) in [6.07, 6.45) is 6.92. The number of hydrogen-bond donors (Lipinski definition) is 0. The fraction of sp³-hybridized carbons (Fsp3) is 0.913. The van der Waals surface area contributed by atoms with Crippen LogP contribution in [0.15, 0.2) is 13.2 Å². The van der Waals surface area contributed by atoms with E-state index in [4.69, 9.17) is 0 Å². The highest BCUT2D eigenvalue weighted by atomic mass is 14.1. The molecule has 0 rings (SSSR count). The Morgan fingerprint density at radius 1 is 0.522 bits per heavy atom. The zero-order valence-corrected chi connectivity index (χ0v) is 19.3. The molecule has 1 atom stereocenters. The Bertz CT molecular complexity index is 136. The van der Waals surface area contributed by atoms with Crippen LogP contribution in [0.1, 0.15) is 115 Å². The van der Waals surface area contributed by atoms with Gasteiger partial charge in [-0.2, -0.15) is 0 Å². The third-order valence-corrected chi connectivity index (χ3v) is 3.26. The van der Waals surface area contributed by atoms with Crippen LogP contribution < -0.4 is 0 Å². The first kappa shape index (κ1) is 34.2. The maximum atomic E-state index is 3.00. The molecule has 146 valence electrons. The van der Waals surface area contributed by atoms with Crippen LogP contribution in [0.2, 0.25) is 0 Å². The first-order valence-corrected chi connectivity index (χ1v) is 10.3. The molecule has 0 aliphatic heterocycles. The standard InChI is InChI=1S/C9H20.C8H18.2C2H6.C2H4/c1-5-9(4)7-6-8(2)3;1-7(2)5-6-8(3)4;3*1-2/h8-9H,5-7H2,1-4H3;7-8H,5-6H2,1-4H3;2*1-2H3;1-2H2. The number of rotatable bonds is 7. The smallest absolute Gasteiger partial charge is 0.0445 e. The van der Waals surface area contributed by atoms with E-state index in [1.807, 2.05) is 27.7 Å². The van der Waals surface area contributed by atoms with Crippen LogP contribution in [0.5, 0.6) is 0 Å². The lowest BCUT2D eigenvalue weighted by Crippen LogP contribution is -1.95. The van der Waals surface area contributed by atoms with E-state index < -0.39 is 0 Å². The SMILES string of the molecule is C=C.CC.CC.CC(C)CCC(C)C.CCC(C)CCC(C)C. The van der Waals surface area contributed by atoms with Crippen molar-refractivity contribution >= 4 is 0 Å². The zero-order valence-electron chi connectivity index (χ0n) is 19.3. The van der Waals surface area contributed by atoms with Crippen molar-refractivity contribution in [2.75, 3.05) is 0 Å². The van der Waals surface area contributed by atoms with Crippen LogP contribution in [0.4, 0.5) is 0 Å². The maximum Gasteiger partial charge on any atom is -0.0445 e. The topological polar surface area (TPSA) is 0 Å². The predicted octanol–water partition coefficient (Wildman–Crippen LogP) is 9.40. The van der Waals surface area contributed by atoms with Gasteiger partial charge in [-0.3, -0.25) is 0 Å². The van der Waals surface area contributed by atoms with E-state index in [0.29, 0.717) is 0 Å². The summed E-state index contributed by atoms with van der Waals surface area (Å²) in [5, 5.41) is 0. The van der Waals surface area contributed by atoms with Crippen LogP contribution in [-0.2, 0) is 0 Å². The van der Waals surface area contributed by atoms with Crippen molar-refractivity contribution in [2.45, 2.75) is 115 Å². The van der Waals surface area contributed by atoms with Crippen molar-refractivity contribution in [1.82, 2.24) is 0 Å². The summed E-state index contributed by atoms with van der Waals surface area (Å²) in [6.45, 7) is 32.3. The second-order valence-electron chi connectivity index (χ2n) is 6.85. The Hall–Kier alpha value is -0.260. The molecule has 1 unspecified atom stereocenters. The minimum absolute atomic E-state index is 0.886. The fourth-order valence-corrected chi connectivity index (χ4v) is 1.49. The van der Waals surface area contributed by atoms with Gasteiger partial charge in [0.15, 0.2) is 0 Å². The summed E-state index contributed by atoms with van der Waals surface area (Å²) in [4.78, 5) is 0. The lowest BCUT2D eigenvalue weighted by molar-refractivity contribution is 0.441. The van der Waals surface area contributed by atoms with Crippen molar-refractivity contribution in [2.24, 2.45) is 23.7 Å². The van der Waals surface area contributed by atoms with Crippen molar-refractivity contribution in [1.29, 1.82) is 0 Å². The van der Waals surface area contributed by atoms with Gasteiger partial charge in [-0.05, 0) is 23.7 Å². The third kappa shape index (κ3) is 61.5. The molecule has 0 spiro atoms. The highest BCUT2D eigenvalue weighted by Gasteiger charge is 1.99. The summed E-state index contributed by atoms with van der Waals surface area (Å²) in [5.41, 5.74) is 0. The average Bonchev–Trinajstić information content (AvgIpc) is 2.56. The molecule has 0 fully saturated rings. The highest BCUT2D eigenvalue weighted by molar-refractivity contribution is 4.52. The monoisotopic (exact) mass is 330 g/mol. The molecule has 0 amide bonds. The van der Waals surface area contributed by atoms with Crippen LogP contribution in [-0.4, -0.2) is 0 Å². The van der Waals surface area contributed by atoms with Gasteiger partial charge in [0.05, 0.1) is 0 Å². The summed E-state index contributed by atoms with van der Waals surface area (Å²) >= 11 is 0. The molecule has 0 saturated heterocycles. The molecule has 0 nitrogen and oxygen atoms in total. The van der Waals surface area contributed by atoms with Gasteiger partial charge in [-0.15, -0.1) is 13.2 Å². The second kappa shape index (κ2) is 33.4. The lowest BCUT2D eigenvalue weighted by Gasteiger charge is -2.09. The molecule has 23 heavy (non-hydrogen) atoms. The molecule has 0 saturated carbocycles. The van der Waals surface area contributed by atoms with Crippen LogP contribution in [0.25, 0.3) is 0 Å². The molecule has 0 N–H and O–H groups in total. The third-order valence-electron chi connectivity index (χ3n) is 3.26. The molecular formula is C23H54. The summed E-state index contributed by atoms with van der Waals surface area (Å²) in [7, 11) is 0. The lowest BCUT2D eigenvalue weighted by atomic mass is 9.98. The summed E-state index contributed by atoms with van der Waals surface area (Å²) in [5.74, 6) is 3.60. The van der Waals surface area contributed by atoms with E-state index >= 15 is 0 Å². The summed E-state index contributed by atoms with van der Waals surface area (Å²) in [6, 6.07) is 0. The Labute approximate surface area is 152 Å². The molecule has 0 radical (unpaired) electrons. The predicted molar refractivity (Wildman–Crippen MR) is 116 cm³/mol. The van der Waals surface area contributed by atoms with Gasteiger partial charge >= 0.3 is 0 Å². The van der Waals surface area contributed by atoms with Crippen molar-refractivity contribution in [3.05, 3.63) is 13.2 Å². The second-order valence-corrected chi connectivity index (χ2v) is 6.85. The molecule has 0 bridgehead atoms. The maximum absolute atomic E-state index is 3.00. The first-order chi connectivity index (χ1) is 10.8. The van der Waals surface area contributed by atoms with E-state index in [-0.39, 0.29) is 0 Å². The van der Waals surface area contributed by atoms with Gasteiger partial charge in [0.25, 0.3) is 0 Å². The molecule has 0 aliphatic carbocycles. The molecule has 0 heterocycles. The van der Waals surface area contributed by atoms with Crippen molar-refractivity contribution in [3.8, 4) is 0 Å². The van der Waals surface area contributed by atoms with Crippen molar-refractivity contribution < 1.29 is 0 Å². The van der Waals surface area contributed by atoms with E-state index in [9.17, 15) is 0 Å². The minimum Gasteiger partial charge on any atom is -0.106 e. The van der Waals surface area contributed by atoms with Crippen LogP contribution in [0.3, 0.4) is 0 Å². The Morgan fingerprint density at radius 2 is 0.739 bits per heavy atom. The molecule has 0 aromatic rings. The average molecular weight is 331 g/mol. The molecule has 0 aliphatic rings. The fourth-order valence-electron chi connectivity index (χ4n) is 1.49. The Kier molecular flexibility index (Phi) is 49.5. The zero-order chi connectivity index (χ0) is 19.8. The Morgan fingerprint density at radius 3 is 0.913 bits per heavy atom. The largest absolute Gasteiger partial charge is 0.106 e. The summed E-state index contributed by atoms with van der Waals surface area (Å²) < 4.78 is 0. The molecule has 0 heteroatoms. The minimum atomic E-state index is 0.886.